The van der Waals surface area contributed by atoms with Crippen molar-refractivity contribution in [3.63, 3.8) is 0 Å². The lowest BCUT2D eigenvalue weighted by molar-refractivity contribution is 0.805. The first kappa shape index (κ1) is 12.9. The summed E-state index contributed by atoms with van der Waals surface area (Å²) in [6.45, 7) is 4.90. The molecule has 2 N–H and O–H groups in total. The number of fused-ring (bicyclic) bond motifs is 3. The second-order valence-corrected chi connectivity index (χ2v) is 5.66. The summed E-state index contributed by atoms with van der Waals surface area (Å²) < 4.78 is 4.39. The molecule has 0 saturated carbocycles. The average Bonchev–Trinajstić information content (AvgIpc) is 3.01. The zero-order valence-corrected chi connectivity index (χ0v) is 12.6. The summed E-state index contributed by atoms with van der Waals surface area (Å²) in [4.78, 5) is 0. The van der Waals surface area contributed by atoms with Gasteiger partial charge in [0.1, 0.15) is 5.82 Å². The maximum atomic E-state index is 5.89. The first-order valence-electron chi connectivity index (χ1n) is 7.28. The number of hydrogen-bond acceptors (Lipinski definition) is 3. The third-order valence-electron chi connectivity index (χ3n) is 4.10. The van der Waals surface area contributed by atoms with Gasteiger partial charge in [-0.1, -0.05) is 12.1 Å². The predicted molar refractivity (Wildman–Crippen MR) is 87.9 cm³/mol. The summed E-state index contributed by atoms with van der Waals surface area (Å²) in [5.74, 6) is 0.904. The molecule has 0 amide bonds. The van der Waals surface area contributed by atoms with Gasteiger partial charge in [-0.05, 0) is 49.7 Å². The van der Waals surface area contributed by atoms with Gasteiger partial charge in [-0.15, -0.1) is 10.2 Å². The van der Waals surface area contributed by atoms with Gasteiger partial charge in [-0.25, -0.2) is 0 Å². The molecule has 0 aliphatic carbocycles. The third-order valence-corrected chi connectivity index (χ3v) is 4.10. The smallest absolute Gasteiger partial charge is 0.161 e. The Bertz CT molecular complexity index is 993. The van der Waals surface area contributed by atoms with Crippen molar-refractivity contribution >= 4 is 22.4 Å². The van der Waals surface area contributed by atoms with Crippen molar-refractivity contribution in [3.05, 3.63) is 59.5 Å². The number of nitrogen functional groups attached to an aromatic ring is 1. The Morgan fingerprint density at radius 2 is 1.86 bits per heavy atom. The molecule has 0 atom stereocenters. The molecule has 0 aliphatic rings. The minimum absolute atomic E-state index is 0.795. The van der Waals surface area contributed by atoms with Crippen LogP contribution < -0.4 is 5.73 Å². The van der Waals surface area contributed by atoms with E-state index in [0.717, 1.165) is 29.2 Å². The number of aromatic nitrogens is 4. The molecule has 0 saturated heterocycles. The van der Waals surface area contributed by atoms with Crippen molar-refractivity contribution in [2.45, 2.75) is 20.4 Å². The molecule has 5 heteroatoms. The van der Waals surface area contributed by atoms with Crippen LogP contribution in [0.15, 0.2) is 42.5 Å². The van der Waals surface area contributed by atoms with Crippen molar-refractivity contribution < 1.29 is 0 Å². The molecule has 0 aliphatic heterocycles. The quantitative estimate of drug-likeness (QED) is 0.578. The van der Waals surface area contributed by atoms with Crippen molar-refractivity contribution in [3.8, 4) is 0 Å². The van der Waals surface area contributed by atoms with Gasteiger partial charge in [0, 0.05) is 17.9 Å². The predicted octanol–water partition coefficient (Wildman–Crippen LogP) is 2.93. The van der Waals surface area contributed by atoms with Crippen molar-refractivity contribution in [1.29, 1.82) is 0 Å². The molecular formula is C17H17N5. The van der Waals surface area contributed by atoms with Gasteiger partial charge < -0.3 is 10.3 Å². The highest BCUT2D eigenvalue weighted by atomic mass is 15.2. The molecule has 0 bridgehead atoms. The van der Waals surface area contributed by atoms with Gasteiger partial charge in [0.15, 0.2) is 5.65 Å². The normalized spacial score (nSPS) is 11.5. The maximum Gasteiger partial charge on any atom is 0.161 e. The van der Waals surface area contributed by atoms with E-state index in [2.05, 4.69) is 44.3 Å². The van der Waals surface area contributed by atoms with E-state index in [0.29, 0.717) is 0 Å². The highest BCUT2D eigenvalue weighted by Gasteiger charge is 2.12. The molecule has 5 nitrogen and oxygen atoms in total. The average molecular weight is 291 g/mol. The maximum absolute atomic E-state index is 5.89. The number of benzene rings is 1. The molecular weight excluding hydrogens is 274 g/mol. The number of rotatable bonds is 2. The van der Waals surface area contributed by atoms with Crippen LogP contribution in [0.1, 0.15) is 17.1 Å². The van der Waals surface area contributed by atoms with Crippen LogP contribution >= 0.6 is 0 Å². The molecule has 0 radical (unpaired) electrons. The zero-order chi connectivity index (χ0) is 15.3. The summed E-state index contributed by atoms with van der Waals surface area (Å²) >= 11 is 0. The summed E-state index contributed by atoms with van der Waals surface area (Å²) in [6.07, 6.45) is 0. The molecule has 22 heavy (non-hydrogen) atoms. The zero-order valence-electron chi connectivity index (χ0n) is 12.6. The summed E-state index contributed by atoms with van der Waals surface area (Å²) in [6, 6.07) is 14.3. The summed E-state index contributed by atoms with van der Waals surface area (Å²) in [5, 5.41) is 8.36. The molecule has 4 aromatic rings. The Morgan fingerprint density at radius 3 is 2.68 bits per heavy atom. The second kappa shape index (κ2) is 4.59. The second-order valence-electron chi connectivity index (χ2n) is 5.66. The van der Waals surface area contributed by atoms with Crippen LogP contribution in [-0.2, 0) is 6.54 Å². The van der Waals surface area contributed by atoms with E-state index in [1.165, 1.54) is 16.8 Å². The molecule has 0 fully saturated rings. The van der Waals surface area contributed by atoms with Crippen LogP contribution in [0.3, 0.4) is 0 Å². The van der Waals surface area contributed by atoms with Crippen molar-refractivity contribution in [1.82, 2.24) is 19.2 Å². The lowest BCUT2D eigenvalue weighted by Crippen LogP contribution is -2.02. The first-order chi connectivity index (χ1) is 10.6. The van der Waals surface area contributed by atoms with E-state index in [9.17, 15) is 0 Å². The monoisotopic (exact) mass is 291 g/mol. The SMILES string of the molecule is Cc1cc2c(ccc3nnc(C)n32)n1Cc1cccc(N)c1. The molecule has 3 aromatic heterocycles. The number of nitrogens with two attached hydrogens (primary N) is 1. The van der Waals surface area contributed by atoms with Crippen LogP contribution in [0.25, 0.3) is 16.7 Å². The fourth-order valence-electron chi connectivity index (χ4n) is 3.05. The van der Waals surface area contributed by atoms with E-state index < -0.39 is 0 Å². The van der Waals surface area contributed by atoms with Crippen molar-refractivity contribution in [2.75, 3.05) is 5.73 Å². The van der Waals surface area contributed by atoms with Crippen LogP contribution in [0.4, 0.5) is 5.69 Å². The van der Waals surface area contributed by atoms with Crippen LogP contribution in [0.2, 0.25) is 0 Å². The Balaban J connectivity index is 1.92. The van der Waals surface area contributed by atoms with Gasteiger partial charge in [-0.3, -0.25) is 4.40 Å². The number of pyridine rings is 1. The van der Waals surface area contributed by atoms with Gasteiger partial charge in [0.05, 0.1) is 11.0 Å². The minimum Gasteiger partial charge on any atom is -0.399 e. The molecule has 3 heterocycles. The topological polar surface area (TPSA) is 61.1 Å². The van der Waals surface area contributed by atoms with Gasteiger partial charge in [0.2, 0.25) is 0 Å². The van der Waals surface area contributed by atoms with Crippen LogP contribution in [0.5, 0.6) is 0 Å². The first-order valence-corrected chi connectivity index (χ1v) is 7.28. The largest absolute Gasteiger partial charge is 0.399 e. The van der Waals surface area contributed by atoms with Gasteiger partial charge in [0.25, 0.3) is 0 Å². The number of hydrogen-bond donors (Lipinski definition) is 1. The summed E-state index contributed by atoms with van der Waals surface area (Å²) in [5.41, 5.74) is 12.3. The Morgan fingerprint density at radius 1 is 1.00 bits per heavy atom. The lowest BCUT2D eigenvalue weighted by Gasteiger charge is -2.09. The van der Waals surface area contributed by atoms with E-state index in [1.54, 1.807) is 0 Å². The number of aryl methyl sites for hydroxylation is 2. The van der Waals surface area contributed by atoms with E-state index >= 15 is 0 Å². The molecule has 0 spiro atoms. The third kappa shape index (κ3) is 1.86. The highest BCUT2D eigenvalue weighted by molar-refractivity contribution is 5.81. The van der Waals surface area contributed by atoms with Gasteiger partial charge in [-0.2, -0.15) is 0 Å². The van der Waals surface area contributed by atoms with Crippen molar-refractivity contribution in [2.24, 2.45) is 0 Å². The Hall–Kier alpha value is -2.82. The molecule has 0 unspecified atom stereocenters. The highest BCUT2D eigenvalue weighted by Crippen LogP contribution is 2.23. The Labute approximate surface area is 128 Å². The van der Waals surface area contributed by atoms with E-state index in [-0.39, 0.29) is 0 Å². The van der Waals surface area contributed by atoms with Gasteiger partial charge >= 0.3 is 0 Å². The summed E-state index contributed by atoms with van der Waals surface area (Å²) in [7, 11) is 0. The minimum atomic E-state index is 0.795. The van der Waals surface area contributed by atoms with Crippen LogP contribution in [-0.4, -0.2) is 19.2 Å². The molecule has 4 rings (SSSR count). The number of anilines is 1. The van der Waals surface area contributed by atoms with E-state index in [4.69, 9.17) is 5.73 Å². The Kier molecular flexibility index (Phi) is 2.69. The molecule has 110 valence electrons. The fourth-order valence-corrected chi connectivity index (χ4v) is 3.05. The van der Waals surface area contributed by atoms with Crippen LogP contribution in [0, 0.1) is 13.8 Å². The fraction of sp³-hybridized carbons (Fsp3) is 0.176. The number of nitrogens with zero attached hydrogens (tertiary/aromatic N) is 4. The molecule has 1 aromatic carbocycles. The van der Waals surface area contributed by atoms with E-state index in [1.807, 2.05) is 31.2 Å². The standard InChI is InChI=1S/C17H17N5/c1-11-8-16-15(6-7-17-20-19-12(2)22(16)17)21(11)10-13-4-3-5-14(18)9-13/h3-9H,10,18H2,1-2H3. The lowest BCUT2D eigenvalue weighted by atomic mass is 10.2.